The lowest BCUT2D eigenvalue weighted by molar-refractivity contribution is -0.111. The molecular formula is C26H23Cl2N3O2. The van der Waals surface area contributed by atoms with Gasteiger partial charge in [-0.2, -0.15) is 0 Å². The van der Waals surface area contributed by atoms with Crippen LogP contribution in [0.25, 0.3) is 6.08 Å². The summed E-state index contributed by atoms with van der Waals surface area (Å²) in [6.07, 6.45) is 3.30. The number of amides is 2. The molecule has 0 aliphatic carbocycles. The molecule has 1 N–H and O–H groups in total. The third-order valence-electron chi connectivity index (χ3n) is 5.40. The molecule has 1 heterocycles. The van der Waals surface area contributed by atoms with Crippen molar-refractivity contribution in [1.82, 2.24) is 4.90 Å². The minimum atomic E-state index is -0.181. The highest BCUT2D eigenvalue weighted by Crippen LogP contribution is 2.23. The number of piperazine rings is 1. The van der Waals surface area contributed by atoms with Crippen LogP contribution in [0.1, 0.15) is 15.9 Å². The van der Waals surface area contributed by atoms with Crippen molar-refractivity contribution in [2.75, 3.05) is 36.4 Å². The molecule has 2 amide bonds. The smallest absolute Gasteiger partial charge is 0.254 e. The Labute approximate surface area is 203 Å². The van der Waals surface area contributed by atoms with E-state index in [2.05, 4.69) is 10.2 Å². The first-order chi connectivity index (χ1) is 16.0. The van der Waals surface area contributed by atoms with Crippen LogP contribution in [0.2, 0.25) is 10.0 Å². The first kappa shape index (κ1) is 22.9. The number of carbonyl (C=O) groups excluding carboxylic acids is 2. The van der Waals surface area contributed by atoms with Crippen LogP contribution in [0.4, 0.5) is 11.4 Å². The predicted molar refractivity (Wildman–Crippen MR) is 135 cm³/mol. The molecule has 33 heavy (non-hydrogen) atoms. The van der Waals surface area contributed by atoms with E-state index in [9.17, 15) is 9.59 Å². The second-order valence-corrected chi connectivity index (χ2v) is 8.59. The van der Waals surface area contributed by atoms with Crippen LogP contribution in [-0.4, -0.2) is 42.9 Å². The fraction of sp³-hybridized carbons (Fsp3) is 0.154. The molecule has 0 atom stereocenters. The lowest BCUT2D eigenvalue weighted by atomic mass is 10.1. The van der Waals surface area contributed by atoms with E-state index in [4.69, 9.17) is 23.2 Å². The second-order valence-electron chi connectivity index (χ2n) is 7.72. The van der Waals surface area contributed by atoms with Crippen molar-refractivity contribution in [2.24, 2.45) is 0 Å². The summed E-state index contributed by atoms with van der Waals surface area (Å²) in [6, 6.07) is 22.3. The van der Waals surface area contributed by atoms with E-state index in [0.29, 0.717) is 41.8 Å². The third-order valence-corrected chi connectivity index (χ3v) is 5.84. The van der Waals surface area contributed by atoms with Crippen molar-refractivity contribution in [3.05, 3.63) is 100 Å². The Kier molecular flexibility index (Phi) is 7.33. The van der Waals surface area contributed by atoms with Gasteiger partial charge in [-0.1, -0.05) is 53.5 Å². The Hall–Kier alpha value is -3.28. The van der Waals surface area contributed by atoms with Gasteiger partial charge in [0.05, 0.1) is 0 Å². The molecule has 0 unspecified atom stereocenters. The maximum atomic E-state index is 12.8. The molecule has 168 valence electrons. The van der Waals surface area contributed by atoms with E-state index in [1.54, 1.807) is 24.3 Å². The van der Waals surface area contributed by atoms with E-state index in [1.165, 1.54) is 6.08 Å². The SMILES string of the molecule is O=C(/C=C/c1ccccc1)Nc1ccc(N2CCN(C(=O)c3cc(Cl)cc(Cl)c3)CC2)cc1. The molecule has 1 saturated heterocycles. The van der Waals surface area contributed by atoms with Crippen molar-refractivity contribution in [3.8, 4) is 0 Å². The number of benzene rings is 3. The molecule has 3 aromatic rings. The number of nitrogens with zero attached hydrogens (tertiary/aromatic N) is 2. The fourth-order valence-corrected chi connectivity index (χ4v) is 4.23. The van der Waals surface area contributed by atoms with Crippen molar-refractivity contribution in [3.63, 3.8) is 0 Å². The minimum Gasteiger partial charge on any atom is -0.368 e. The molecule has 1 aliphatic rings. The van der Waals surface area contributed by atoms with Crippen LogP contribution in [0.5, 0.6) is 0 Å². The van der Waals surface area contributed by atoms with Gasteiger partial charge in [0.1, 0.15) is 0 Å². The zero-order valence-corrected chi connectivity index (χ0v) is 19.4. The first-order valence-corrected chi connectivity index (χ1v) is 11.4. The molecule has 0 bridgehead atoms. The fourth-order valence-electron chi connectivity index (χ4n) is 3.70. The highest BCUT2D eigenvalue weighted by molar-refractivity contribution is 6.35. The lowest BCUT2D eigenvalue weighted by Gasteiger charge is -2.36. The van der Waals surface area contributed by atoms with Crippen molar-refractivity contribution >= 4 is 52.5 Å². The average Bonchev–Trinajstić information content (AvgIpc) is 2.83. The maximum Gasteiger partial charge on any atom is 0.254 e. The number of anilines is 2. The van der Waals surface area contributed by atoms with Crippen molar-refractivity contribution in [1.29, 1.82) is 0 Å². The monoisotopic (exact) mass is 479 g/mol. The van der Waals surface area contributed by atoms with E-state index >= 15 is 0 Å². The normalized spacial score (nSPS) is 13.9. The van der Waals surface area contributed by atoms with Crippen molar-refractivity contribution < 1.29 is 9.59 Å². The van der Waals surface area contributed by atoms with Crippen LogP contribution in [0.15, 0.2) is 78.9 Å². The minimum absolute atomic E-state index is 0.0688. The molecule has 0 radical (unpaired) electrons. The maximum absolute atomic E-state index is 12.8. The Bertz CT molecular complexity index is 1140. The summed E-state index contributed by atoms with van der Waals surface area (Å²) in [5.74, 6) is -0.250. The van der Waals surface area contributed by atoms with Gasteiger partial charge < -0.3 is 15.1 Å². The predicted octanol–water partition coefficient (Wildman–Crippen LogP) is 5.61. The van der Waals surface area contributed by atoms with Crippen molar-refractivity contribution in [2.45, 2.75) is 0 Å². The average molecular weight is 480 g/mol. The van der Waals surface area contributed by atoms with Gasteiger partial charge in [0.25, 0.3) is 5.91 Å². The molecule has 0 saturated carbocycles. The molecule has 1 fully saturated rings. The molecular weight excluding hydrogens is 457 g/mol. The van der Waals surface area contributed by atoms with Crippen LogP contribution in [-0.2, 0) is 4.79 Å². The van der Waals surface area contributed by atoms with E-state index < -0.39 is 0 Å². The van der Waals surface area contributed by atoms with Crippen LogP contribution in [0, 0.1) is 0 Å². The molecule has 7 heteroatoms. The summed E-state index contributed by atoms with van der Waals surface area (Å²) in [7, 11) is 0. The molecule has 4 rings (SSSR count). The van der Waals surface area contributed by atoms with Gasteiger partial charge in [-0.25, -0.2) is 0 Å². The molecule has 5 nitrogen and oxygen atoms in total. The van der Waals surface area contributed by atoms with Crippen LogP contribution >= 0.6 is 23.2 Å². The Balaban J connectivity index is 1.30. The standard InChI is InChI=1S/C26H23Cl2N3O2/c27-21-16-20(17-22(28)18-21)26(33)31-14-12-30(13-15-31)24-9-7-23(8-10-24)29-25(32)11-6-19-4-2-1-3-5-19/h1-11,16-18H,12-15H2,(H,29,32)/b11-6+. The summed E-state index contributed by atoms with van der Waals surface area (Å²) >= 11 is 12.1. The number of hydrogen-bond acceptors (Lipinski definition) is 3. The van der Waals surface area contributed by atoms with Gasteiger partial charge >= 0.3 is 0 Å². The number of carbonyl (C=O) groups is 2. The van der Waals surface area contributed by atoms with E-state index in [0.717, 1.165) is 16.9 Å². The second kappa shape index (κ2) is 10.6. The summed E-state index contributed by atoms with van der Waals surface area (Å²) in [4.78, 5) is 29.0. The molecule has 3 aromatic carbocycles. The van der Waals surface area contributed by atoms with Gasteiger partial charge in [0.2, 0.25) is 5.91 Å². The zero-order chi connectivity index (χ0) is 23.2. The highest BCUT2D eigenvalue weighted by Gasteiger charge is 2.23. The van der Waals surface area contributed by atoms with E-state index in [-0.39, 0.29) is 11.8 Å². The van der Waals surface area contributed by atoms with E-state index in [1.807, 2.05) is 59.5 Å². The Morgan fingerprint density at radius 3 is 2.09 bits per heavy atom. The summed E-state index contributed by atoms with van der Waals surface area (Å²) in [5.41, 5.74) is 3.25. The number of nitrogens with one attached hydrogen (secondary N) is 1. The highest BCUT2D eigenvalue weighted by atomic mass is 35.5. The van der Waals surface area contributed by atoms with Gasteiger partial charge in [-0.3, -0.25) is 9.59 Å². The number of halogens is 2. The zero-order valence-electron chi connectivity index (χ0n) is 17.9. The van der Waals surface area contributed by atoms with Gasteiger partial charge in [0, 0.05) is 59.2 Å². The topological polar surface area (TPSA) is 52.7 Å². The van der Waals surface area contributed by atoms with Crippen LogP contribution in [0.3, 0.4) is 0 Å². The number of hydrogen-bond donors (Lipinski definition) is 1. The molecule has 0 spiro atoms. The summed E-state index contributed by atoms with van der Waals surface area (Å²) in [6.45, 7) is 2.63. The molecule has 0 aromatic heterocycles. The first-order valence-electron chi connectivity index (χ1n) is 10.6. The lowest BCUT2D eigenvalue weighted by Crippen LogP contribution is -2.48. The van der Waals surface area contributed by atoms with Crippen LogP contribution < -0.4 is 10.2 Å². The summed E-state index contributed by atoms with van der Waals surface area (Å²) < 4.78 is 0. The van der Waals surface area contributed by atoms with Gasteiger partial charge in [-0.15, -0.1) is 0 Å². The quantitative estimate of drug-likeness (QED) is 0.484. The Morgan fingerprint density at radius 1 is 0.818 bits per heavy atom. The van der Waals surface area contributed by atoms with Gasteiger partial charge in [-0.05, 0) is 54.1 Å². The molecule has 1 aliphatic heterocycles. The largest absolute Gasteiger partial charge is 0.368 e. The third kappa shape index (κ3) is 6.15. The Morgan fingerprint density at radius 2 is 1.45 bits per heavy atom. The summed E-state index contributed by atoms with van der Waals surface area (Å²) in [5, 5.41) is 3.78. The number of rotatable bonds is 5. The van der Waals surface area contributed by atoms with Gasteiger partial charge in [0.15, 0.2) is 0 Å².